The lowest BCUT2D eigenvalue weighted by molar-refractivity contribution is -0.0605. The molecule has 140 valence electrons. The molecule has 0 bridgehead atoms. The summed E-state index contributed by atoms with van der Waals surface area (Å²) >= 11 is 0. The number of nitrogens with two attached hydrogens (primary N) is 1. The van der Waals surface area contributed by atoms with E-state index in [4.69, 9.17) is 5.73 Å². The van der Waals surface area contributed by atoms with Crippen molar-refractivity contribution in [2.75, 3.05) is 13.2 Å². The molecular formula is C21H35N3O. The number of rotatable bonds is 3. The van der Waals surface area contributed by atoms with Crippen molar-refractivity contribution in [3.63, 3.8) is 0 Å². The van der Waals surface area contributed by atoms with Crippen LogP contribution in [0.1, 0.15) is 51.3 Å². The van der Waals surface area contributed by atoms with E-state index in [0.29, 0.717) is 17.8 Å². The Kier molecular flexibility index (Phi) is 4.48. The second-order valence-corrected chi connectivity index (χ2v) is 9.65. The zero-order valence-electron chi connectivity index (χ0n) is 16.0. The van der Waals surface area contributed by atoms with Crippen LogP contribution in [0.3, 0.4) is 0 Å². The third-order valence-corrected chi connectivity index (χ3v) is 8.56. The molecule has 0 spiro atoms. The number of hydrogen-bond donors (Lipinski definition) is 3. The van der Waals surface area contributed by atoms with E-state index in [9.17, 15) is 5.11 Å². The highest BCUT2D eigenvalue weighted by atomic mass is 16.3. The van der Waals surface area contributed by atoms with E-state index < -0.39 is 0 Å². The zero-order valence-corrected chi connectivity index (χ0v) is 16.0. The number of fused-ring (bicyclic) bond motifs is 2. The van der Waals surface area contributed by atoms with Crippen LogP contribution >= 0.6 is 0 Å². The van der Waals surface area contributed by atoms with Crippen LogP contribution in [-0.2, 0) is 12.8 Å². The first-order chi connectivity index (χ1) is 12.0. The van der Waals surface area contributed by atoms with Crippen molar-refractivity contribution >= 4 is 0 Å². The predicted octanol–water partition coefficient (Wildman–Crippen LogP) is 3.02. The normalized spacial score (nSPS) is 46.7. The summed E-state index contributed by atoms with van der Waals surface area (Å²) in [7, 11) is 0. The van der Waals surface area contributed by atoms with E-state index in [1.807, 2.05) is 6.20 Å². The Morgan fingerprint density at radius 3 is 2.84 bits per heavy atom. The number of aromatic amines is 1. The van der Waals surface area contributed by atoms with E-state index >= 15 is 0 Å². The van der Waals surface area contributed by atoms with Crippen LogP contribution < -0.4 is 5.73 Å². The van der Waals surface area contributed by atoms with Crippen molar-refractivity contribution < 1.29 is 5.11 Å². The van der Waals surface area contributed by atoms with Gasteiger partial charge in [0.1, 0.15) is 0 Å². The monoisotopic (exact) mass is 345 g/mol. The van der Waals surface area contributed by atoms with Crippen LogP contribution in [-0.4, -0.2) is 28.5 Å². The van der Waals surface area contributed by atoms with Crippen molar-refractivity contribution in [2.45, 2.75) is 52.9 Å². The third-order valence-electron chi connectivity index (χ3n) is 8.56. The fourth-order valence-corrected chi connectivity index (χ4v) is 7.28. The van der Waals surface area contributed by atoms with Gasteiger partial charge in [0.2, 0.25) is 0 Å². The topological polar surface area (TPSA) is 74.9 Å². The number of aromatic nitrogens is 2. The Morgan fingerprint density at radius 1 is 1.32 bits per heavy atom. The Labute approximate surface area is 152 Å². The molecule has 2 fully saturated rings. The van der Waals surface area contributed by atoms with Gasteiger partial charge >= 0.3 is 0 Å². The molecule has 1 aromatic heterocycles. The van der Waals surface area contributed by atoms with Crippen molar-refractivity contribution in [2.24, 2.45) is 52.6 Å². The average molecular weight is 346 g/mol. The summed E-state index contributed by atoms with van der Waals surface area (Å²) in [6.45, 7) is 8.43. The Bertz CT molecular complexity index is 614. The van der Waals surface area contributed by atoms with Crippen molar-refractivity contribution in [1.82, 2.24) is 10.2 Å². The van der Waals surface area contributed by atoms with Crippen molar-refractivity contribution in [3.8, 4) is 0 Å². The van der Waals surface area contributed by atoms with Gasteiger partial charge in [-0.15, -0.1) is 0 Å². The summed E-state index contributed by atoms with van der Waals surface area (Å²) in [4.78, 5) is 0. The summed E-state index contributed by atoms with van der Waals surface area (Å²) in [5.74, 6) is 4.80. The van der Waals surface area contributed by atoms with E-state index in [2.05, 4.69) is 31.0 Å². The van der Waals surface area contributed by atoms with Gasteiger partial charge in [-0.2, -0.15) is 5.10 Å². The summed E-state index contributed by atoms with van der Waals surface area (Å²) in [6, 6.07) is 0. The second kappa shape index (κ2) is 6.38. The minimum atomic E-state index is 0.126. The minimum Gasteiger partial charge on any atom is -0.396 e. The maximum absolute atomic E-state index is 10.2. The molecule has 0 unspecified atom stereocenters. The number of aliphatic hydroxyl groups is 1. The lowest BCUT2D eigenvalue weighted by atomic mass is 9.50. The molecule has 0 saturated heterocycles. The number of hydrogen-bond acceptors (Lipinski definition) is 3. The molecule has 4 heteroatoms. The van der Waals surface area contributed by atoms with Gasteiger partial charge in [-0.25, -0.2) is 0 Å². The van der Waals surface area contributed by atoms with Crippen LogP contribution in [0.2, 0.25) is 0 Å². The molecule has 0 aliphatic heterocycles. The summed E-state index contributed by atoms with van der Waals surface area (Å²) in [5, 5.41) is 17.6. The van der Waals surface area contributed by atoms with Gasteiger partial charge in [-0.1, -0.05) is 27.2 Å². The quantitative estimate of drug-likeness (QED) is 0.788. The first-order valence-electron chi connectivity index (χ1n) is 10.3. The molecule has 1 aromatic rings. The fraction of sp³-hybridized carbons (Fsp3) is 0.857. The highest BCUT2D eigenvalue weighted by molar-refractivity contribution is 5.24. The molecule has 2 saturated carbocycles. The van der Waals surface area contributed by atoms with Gasteiger partial charge in [0.25, 0.3) is 0 Å². The van der Waals surface area contributed by atoms with Gasteiger partial charge in [0.15, 0.2) is 0 Å². The number of H-pyrrole nitrogens is 1. The largest absolute Gasteiger partial charge is 0.396 e. The lowest BCUT2D eigenvalue weighted by Gasteiger charge is -2.55. The zero-order chi connectivity index (χ0) is 17.8. The van der Waals surface area contributed by atoms with Gasteiger partial charge in [-0.3, -0.25) is 5.10 Å². The Hall–Kier alpha value is -0.870. The Morgan fingerprint density at radius 2 is 2.12 bits per heavy atom. The second-order valence-electron chi connectivity index (χ2n) is 9.65. The molecule has 1 heterocycles. The van der Waals surface area contributed by atoms with Crippen LogP contribution in [0, 0.1) is 46.8 Å². The summed E-state index contributed by atoms with van der Waals surface area (Å²) in [5.41, 5.74) is 9.10. The maximum Gasteiger partial charge on any atom is 0.0522 e. The van der Waals surface area contributed by atoms with E-state index in [0.717, 1.165) is 43.1 Å². The minimum absolute atomic E-state index is 0.126. The van der Waals surface area contributed by atoms with Crippen molar-refractivity contribution in [1.29, 1.82) is 0 Å². The molecule has 0 radical (unpaired) electrons. The van der Waals surface area contributed by atoms with Gasteiger partial charge in [0, 0.05) is 12.3 Å². The highest BCUT2D eigenvalue weighted by Gasteiger charge is 2.55. The molecule has 8 atom stereocenters. The van der Waals surface area contributed by atoms with Crippen LogP contribution in [0.5, 0.6) is 0 Å². The maximum atomic E-state index is 10.2. The number of aliphatic hydroxyl groups excluding tert-OH is 1. The number of nitrogens with one attached hydrogen (secondary N) is 1. The smallest absolute Gasteiger partial charge is 0.0522 e. The SMILES string of the molecule is C[C@@H]1C[C@H]([C@@]2(C)Cc3cn[nH]c3C[C@@H]2CO)[C@@H](CN)[C@H]2CC[C@H](C)[C@@H]21. The fourth-order valence-electron chi connectivity index (χ4n) is 7.28. The van der Waals surface area contributed by atoms with Crippen LogP contribution in [0.25, 0.3) is 0 Å². The Balaban J connectivity index is 1.69. The standard InChI is InChI=1S/C21H35N3O/c1-12-4-5-16-17(9-22)18(6-13(2)20(12)16)21(3)8-14-10-23-24-19(14)7-15(21)11-25/h10,12-13,15-18,20,25H,4-9,11,22H2,1-3H3,(H,23,24)/t12-,13+,15+,16+,17-,18-,20+,21-/m0/s1. The van der Waals surface area contributed by atoms with E-state index in [-0.39, 0.29) is 12.0 Å². The third kappa shape index (κ3) is 2.59. The first-order valence-corrected chi connectivity index (χ1v) is 10.3. The molecule has 0 aromatic carbocycles. The van der Waals surface area contributed by atoms with Gasteiger partial charge in [0.05, 0.1) is 6.20 Å². The van der Waals surface area contributed by atoms with Crippen LogP contribution in [0.4, 0.5) is 0 Å². The van der Waals surface area contributed by atoms with E-state index in [1.165, 1.54) is 30.5 Å². The van der Waals surface area contributed by atoms with E-state index in [1.54, 1.807) is 0 Å². The highest BCUT2D eigenvalue weighted by Crippen LogP contribution is 2.59. The van der Waals surface area contributed by atoms with Gasteiger partial charge < -0.3 is 10.8 Å². The molecule has 0 amide bonds. The molecule has 4 N–H and O–H groups in total. The van der Waals surface area contributed by atoms with Crippen LogP contribution in [0.15, 0.2) is 6.20 Å². The summed E-state index contributed by atoms with van der Waals surface area (Å²) < 4.78 is 0. The molecule has 4 rings (SSSR count). The van der Waals surface area contributed by atoms with Crippen molar-refractivity contribution in [3.05, 3.63) is 17.5 Å². The lowest BCUT2D eigenvalue weighted by Crippen LogP contribution is -2.53. The molecular weight excluding hydrogens is 310 g/mol. The average Bonchev–Trinajstić information content (AvgIpc) is 3.20. The summed E-state index contributed by atoms with van der Waals surface area (Å²) in [6.07, 6.45) is 7.96. The number of nitrogens with zero attached hydrogens (tertiary/aromatic N) is 1. The first kappa shape index (κ1) is 17.5. The molecule has 3 aliphatic rings. The molecule has 25 heavy (non-hydrogen) atoms. The predicted molar refractivity (Wildman–Crippen MR) is 99.9 cm³/mol. The molecule has 3 aliphatic carbocycles. The van der Waals surface area contributed by atoms with Gasteiger partial charge in [-0.05, 0) is 84.6 Å². The molecule has 4 nitrogen and oxygen atoms in total.